The molecule has 0 bridgehead atoms. The van der Waals surface area contributed by atoms with Gasteiger partial charge in [-0.25, -0.2) is 0 Å². The quantitative estimate of drug-likeness (QED) is 0.598. The number of nitriles is 1. The van der Waals surface area contributed by atoms with Crippen LogP contribution in [0.5, 0.6) is 0 Å². The van der Waals surface area contributed by atoms with Crippen molar-refractivity contribution in [2.24, 2.45) is 11.8 Å². The van der Waals surface area contributed by atoms with Gasteiger partial charge in [0.15, 0.2) is 0 Å². The topological polar surface area (TPSA) is 47.3 Å². The molecule has 1 aromatic rings. The number of likely N-dealkylation sites (tertiary alicyclic amines) is 1. The Morgan fingerprint density at radius 3 is 2.43 bits per heavy atom. The van der Waals surface area contributed by atoms with Gasteiger partial charge in [0, 0.05) is 37.3 Å². The minimum atomic E-state index is 0.244. The maximum absolute atomic E-state index is 13.1. The van der Waals surface area contributed by atoms with E-state index in [0.717, 1.165) is 44.6 Å². The number of anilines is 1. The molecule has 0 N–H and O–H groups in total. The van der Waals surface area contributed by atoms with Crippen LogP contribution in [0.25, 0.3) is 0 Å². The fourth-order valence-corrected chi connectivity index (χ4v) is 5.91. The molecule has 0 radical (unpaired) electrons. The lowest BCUT2D eigenvalue weighted by Crippen LogP contribution is -2.43. The Balaban J connectivity index is 1.49. The summed E-state index contributed by atoms with van der Waals surface area (Å²) >= 11 is 6.39. The molecule has 1 aromatic carbocycles. The van der Waals surface area contributed by atoms with Gasteiger partial charge in [0.2, 0.25) is 5.91 Å². The first kappa shape index (κ1) is 21.5. The van der Waals surface area contributed by atoms with Crippen LogP contribution in [0.4, 0.5) is 5.69 Å². The van der Waals surface area contributed by atoms with Crippen LogP contribution in [0.2, 0.25) is 5.02 Å². The van der Waals surface area contributed by atoms with Crippen LogP contribution in [0.15, 0.2) is 18.2 Å². The number of carbonyl (C=O) groups excluding carboxylic acids is 1. The number of benzene rings is 1. The van der Waals surface area contributed by atoms with Gasteiger partial charge in [-0.1, -0.05) is 50.1 Å². The number of nitrogens with zero attached hydrogens (tertiary/aromatic N) is 3. The van der Waals surface area contributed by atoms with Crippen LogP contribution >= 0.6 is 11.6 Å². The highest BCUT2D eigenvalue weighted by atomic mass is 35.5. The number of hydrogen-bond donors (Lipinski definition) is 0. The van der Waals surface area contributed by atoms with E-state index in [9.17, 15) is 10.1 Å². The Labute approximate surface area is 186 Å². The summed E-state index contributed by atoms with van der Waals surface area (Å²) in [7, 11) is 0. The summed E-state index contributed by atoms with van der Waals surface area (Å²) in [5.74, 6) is 1.33. The van der Waals surface area contributed by atoms with Crippen LogP contribution in [0.3, 0.4) is 0 Å². The van der Waals surface area contributed by atoms with Crippen LogP contribution < -0.4 is 4.90 Å². The van der Waals surface area contributed by atoms with Gasteiger partial charge in [-0.3, -0.25) is 4.79 Å². The van der Waals surface area contributed by atoms with Crippen molar-refractivity contribution in [3.05, 3.63) is 28.8 Å². The first-order chi connectivity index (χ1) is 14.7. The zero-order chi connectivity index (χ0) is 20.9. The summed E-state index contributed by atoms with van der Waals surface area (Å²) in [5, 5.41) is 9.77. The van der Waals surface area contributed by atoms with E-state index in [0.29, 0.717) is 28.5 Å². The van der Waals surface area contributed by atoms with E-state index in [2.05, 4.69) is 15.9 Å². The minimum Gasteiger partial charge on any atom is -0.366 e. The zero-order valence-corrected chi connectivity index (χ0v) is 18.7. The smallest absolute Gasteiger partial charge is 0.225 e. The third kappa shape index (κ3) is 4.94. The van der Waals surface area contributed by atoms with Crippen molar-refractivity contribution in [1.82, 2.24) is 4.90 Å². The molecule has 3 aliphatic rings. The van der Waals surface area contributed by atoms with Crippen molar-refractivity contribution in [2.75, 3.05) is 24.5 Å². The SMILES string of the molecule is N#Cc1ccc(N(CC2CCCCC2)C2CCN(C(=O)C3CCCCC3)C2)cc1Cl. The van der Waals surface area contributed by atoms with E-state index in [-0.39, 0.29) is 5.92 Å². The van der Waals surface area contributed by atoms with Crippen molar-refractivity contribution in [1.29, 1.82) is 5.26 Å². The number of halogens is 1. The number of rotatable bonds is 5. The van der Waals surface area contributed by atoms with Crippen molar-refractivity contribution >= 4 is 23.2 Å². The number of amides is 1. The van der Waals surface area contributed by atoms with E-state index < -0.39 is 0 Å². The molecule has 0 aromatic heterocycles. The van der Waals surface area contributed by atoms with Gasteiger partial charge in [0.05, 0.1) is 10.6 Å². The molecule has 1 heterocycles. The molecular weight excluding hydrogens is 394 g/mol. The van der Waals surface area contributed by atoms with Gasteiger partial charge < -0.3 is 9.80 Å². The molecule has 1 saturated heterocycles. The average Bonchev–Trinajstić information content (AvgIpc) is 3.28. The predicted molar refractivity (Wildman–Crippen MR) is 122 cm³/mol. The molecule has 1 atom stereocenters. The molecule has 4 rings (SSSR count). The van der Waals surface area contributed by atoms with E-state index in [4.69, 9.17) is 11.6 Å². The van der Waals surface area contributed by atoms with Gasteiger partial charge in [-0.05, 0) is 56.2 Å². The molecule has 1 aliphatic heterocycles. The molecule has 0 spiro atoms. The maximum atomic E-state index is 13.1. The normalized spacial score (nSPS) is 23.3. The van der Waals surface area contributed by atoms with Gasteiger partial charge in [0.1, 0.15) is 6.07 Å². The fourth-order valence-electron chi connectivity index (χ4n) is 5.69. The van der Waals surface area contributed by atoms with Crippen LogP contribution in [0.1, 0.15) is 76.2 Å². The van der Waals surface area contributed by atoms with Crippen molar-refractivity contribution < 1.29 is 4.79 Å². The summed E-state index contributed by atoms with van der Waals surface area (Å²) in [5.41, 5.74) is 1.63. The largest absolute Gasteiger partial charge is 0.366 e. The summed E-state index contributed by atoms with van der Waals surface area (Å²) in [4.78, 5) is 17.7. The fraction of sp³-hybridized carbons (Fsp3) is 0.680. The Morgan fingerprint density at radius 1 is 1.07 bits per heavy atom. The highest BCUT2D eigenvalue weighted by Crippen LogP contribution is 2.33. The highest BCUT2D eigenvalue weighted by Gasteiger charge is 2.35. The van der Waals surface area contributed by atoms with Gasteiger partial charge >= 0.3 is 0 Å². The first-order valence-electron chi connectivity index (χ1n) is 11.9. The summed E-state index contributed by atoms with van der Waals surface area (Å²) in [6.07, 6.45) is 13.4. The van der Waals surface area contributed by atoms with Crippen LogP contribution in [-0.4, -0.2) is 36.5 Å². The highest BCUT2D eigenvalue weighted by molar-refractivity contribution is 6.32. The van der Waals surface area contributed by atoms with Gasteiger partial charge in [0.25, 0.3) is 0 Å². The monoisotopic (exact) mass is 427 g/mol. The average molecular weight is 428 g/mol. The zero-order valence-electron chi connectivity index (χ0n) is 18.0. The molecule has 2 aliphatic carbocycles. The molecule has 4 nitrogen and oxygen atoms in total. The number of carbonyl (C=O) groups is 1. The lowest BCUT2D eigenvalue weighted by Gasteiger charge is -2.36. The molecule has 1 unspecified atom stereocenters. The van der Waals surface area contributed by atoms with Crippen molar-refractivity contribution in [3.8, 4) is 6.07 Å². The molecule has 5 heteroatoms. The number of hydrogen-bond acceptors (Lipinski definition) is 3. The molecule has 1 amide bonds. The Bertz CT molecular complexity index is 777. The van der Waals surface area contributed by atoms with E-state index in [1.165, 1.54) is 51.4 Å². The Hall–Kier alpha value is -1.73. The molecule has 30 heavy (non-hydrogen) atoms. The molecule has 2 saturated carbocycles. The molecular formula is C25H34ClN3O. The van der Waals surface area contributed by atoms with E-state index >= 15 is 0 Å². The Morgan fingerprint density at radius 2 is 1.77 bits per heavy atom. The Kier molecular flexibility index (Phi) is 7.20. The van der Waals surface area contributed by atoms with Crippen LogP contribution in [0, 0.1) is 23.2 Å². The summed E-state index contributed by atoms with van der Waals surface area (Å²) in [6.45, 7) is 2.71. The molecule has 162 valence electrons. The third-order valence-electron chi connectivity index (χ3n) is 7.45. The lowest BCUT2D eigenvalue weighted by molar-refractivity contribution is -0.135. The van der Waals surface area contributed by atoms with Crippen LogP contribution in [-0.2, 0) is 4.79 Å². The molecule has 3 fully saturated rings. The first-order valence-corrected chi connectivity index (χ1v) is 12.3. The van der Waals surface area contributed by atoms with Crippen molar-refractivity contribution in [3.63, 3.8) is 0 Å². The second kappa shape index (κ2) is 10.1. The van der Waals surface area contributed by atoms with Crippen molar-refractivity contribution in [2.45, 2.75) is 76.7 Å². The summed E-state index contributed by atoms with van der Waals surface area (Å²) < 4.78 is 0. The summed E-state index contributed by atoms with van der Waals surface area (Å²) in [6, 6.07) is 8.34. The second-order valence-corrected chi connectivity index (χ2v) is 9.90. The predicted octanol–water partition coefficient (Wildman–Crippen LogP) is 5.78. The lowest BCUT2D eigenvalue weighted by atomic mass is 9.88. The second-order valence-electron chi connectivity index (χ2n) is 9.49. The van der Waals surface area contributed by atoms with Gasteiger partial charge in [-0.15, -0.1) is 0 Å². The van der Waals surface area contributed by atoms with E-state index in [1.54, 1.807) is 0 Å². The van der Waals surface area contributed by atoms with Gasteiger partial charge in [-0.2, -0.15) is 5.26 Å². The maximum Gasteiger partial charge on any atom is 0.225 e. The minimum absolute atomic E-state index is 0.244. The van der Waals surface area contributed by atoms with E-state index in [1.807, 2.05) is 18.2 Å². The third-order valence-corrected chi connectivity index (χ3v) is 7.77. The standard InChI is InChI=1S/C25H34ClN3O/c26-24-15-22(12-11-21(24)16-27)29(17-19-7-3-1-4-8-19)23-13-14-28(18-23)25(30)20-9-5-2-6-10-20/h11-12,15,19-20,23H,1-10,13-14,17-18H2.